The summed E-state index contributed by atoms with van der Waals surface area (Å²) in [5, 5.41) is 15.5. The molecule has 0 atom stereocenters. The minimum atomic E-state index is -0.0795. The zero-order valence-corrected chi connectivity index (χ0v) is 10.2. The number of hydrogen-bond donors (Lipinski definition) is 2. The Labute approximate surface area is 102 Å². The van der Waals surface area contributed by atoms with Crippen LogP contribution < -0.4 is 5.73 Å². The first kappa shape index (κ1) is 11.6. The van der Waals surface area contributed by atoms with E-state index in [1.54, 1.807) is 22.3 Å². The summed E-state index contributed by atoms with van der Waals surface area (Å²) in [5.41, 5.74) is 5.39. The molecule has 0 aromatic carbocycles. The molecular formula is C10H13N5OS. The van der Waals surface area contributed by atoms with E-state index in [1.807, 2.05) is 0 Å². The first-order chi connectivity index (χ1) is 8.22. The molecule has 0 bridgehead atoms. The number of hydrogen-bond acceptors (Lipinski definition) is 5. The first-order valence-electron chi connectivity index (χ1n) is 5.18. The summed E-state index contributed by atoms with van der Waals surface area (Å²) >= 11 is 1.75. The topological polar surface area (TPSA) is 89.3 Å². The third-order valence-electron chi connectivity index (χ3n) is 2.26. The molecule has 3 N–H and O–H groups in total. The molecule has 90 valence electrons. The maximum absolute atomic E-state index is 8.50. The standard InChI is InChI=1S/C10H13N5OS/c1-2-7-3-4-8(17-7)5-15-6-12-10(13-15)9(11)14-16/h3-4,6,16H,2,5H2,1H3,(H2,11,14). The fourth-order valence-corrected chi connectivity index (χ4v) is 2.34. The number of amidine groups is 1. The molecule has 0 fully saturated rings. The monoisotopic (exact) mass is 251 g/mol. The van der Waals surface area contributed by atoms with E-state index < -0.39 is 0 Å². The van der Waals surface area contributed by atoms with Gasteiger partial charge in [0.05, 0.1) is 6.54 Å². The largest absolute Gasteiger partial charge is 0.409 e. The second-order valence-corrected chi connectivity index (χ2v) is 4.73. The van der Waals surface area contributed by atoms with Crippen molar-refractivity contribution in [1.29, 1.82) is 0 Å². The van der Waals surface area contributed by atoms with Crippen LogP contribution in [-0.2, 0) is 13.0 Å². The first-order valence-corrected chi connectivity index (χ1v) is 5.99. The summed E-state index contributed by atoms with van der Waals surface area (Å²) in [7, 11) is 0. The van der Waals surface area contributed by atoms with Crippen molar-refractivity contribution in [2.24, 2.45) is 10.9 Å². The quantitative estimate of drug-likeness (QED) is 0.368. The average Bonchev–Trinajstić information content (AvgIpc) is 2.97. The van der Waals surface area contributed by atoms with Crippen molar-refractivity contribution in [3.63, 3.8) is 0 Å². The molecule has 7 heteroatoms. The molecular weight excluding hydrogens is 238 g/mol. The van der Waals surface area contributed by atoms with Gasteiger partial charge in [0, 0.05) is 9.75 Å². The Morgan fingerprint density at radius 2 is 2.29 bits per heavy atom. The Kier molecular flexibility index (Phi) is 3.38. The van der Waals surface area contributed by atoms with Gasteiger partial charge in [0.15, 0.2) is 0 Å². The zero-order chi connectivity index (χ0) is 12.3. The molecule has 0 amide bonds. The molecule has 0 aliphatic heterocycles. The van der Waals surface area contributed by atoms with Gasteiger partial charge in [-0.15, -0.1) is 16.4 Å². The van der Waals surface area contributed by atoms with Crippen molar-refractivity contribution in [2.45, 2.75) is 19.9 Å². The van der Waals surface area contributed by atoms with Crippen LogP contribution in [-0.4, -0.2) is 25.8 Å². The number of nitrogens with zero attached hydrogens (tertiary/aromatic N) is 4. The van der Waals surface area contributed by atoms with Crippen LogP contribution in [0.5, 0.6) is 0 Å². The Hall–Kier alpha value is -1.89. The number of rotatable bonds is 4. The third kappa shape index (κ3) is 2.62. The molecule has 6 nitrogen and oxygen atoms in total. The molecule has 2 aromatic rings. The lowest BCUT2D eigenvalue weighted by molar-refractivity contribution is 0.318. The summed E-state index contributed by atoms with van der Waals surface area (Å²) in [5.74, 6) is 0.156. The van der Waals surface area contributed by atoms with Crippen LogP contribution >= 0.6 is 11.3 Å². The number of aryl methyl sites for hydroxylation is 1. The maximum Gasteiger partial charge on any atom is 0.219 e. The highest BCUT2D eigenvalue weighted by atomic mass is 32.1. The second-order valence-electron chi connectivity index (χ2n) is 3.47. The van der Waals surface area contributed by atoms with Gasteiger partial charge in [0.2, 0.25) is 11.7 Å². The van der Waals surface area contributed by atoms with Gasteiger partial charge in [-0.1, -0.05) is 12.1 Å². The van der Waals surface area contributed by atoms with Crippen LogP contribution in [0.1, 0.15) is 22.5 Å². The fourth-order valence-electron chi connectivity index (χ4n) is 1.39. The highest BCUT2D eigenvalue weighted by Crippen LogP contribution is 2.17. The molecule has 0 aliphatic carbocycles. The van der Waals surface area contributed by atoms with Crippen molar-refractivity contribution in [3.05, 3.63) is 34.0 Å². The van der Waals surface area contributed by atoms with Gasteiger partial charge in [0.1, 0.15) is 6.33 Å². The second kappa shape index (κ2) is 4.96. The number of thiophene rings is 1. The molecule has 2 heterocycles. The molecule has 0 spiro atoms. The third-order valence-corrected chi connectivity index (χ3v) is 3.47. The van der Waals surface area contributed by atoms with E-state index in [2.05, 4.69) is 34.3 Å². The number of oxime groups is 1. The summed E-state index contributed by atoms with van der Waals surface area (Å²) < 4.78 is 1.67. The minimum absolute atomic E-state index is 0.0795. The summed E-state index contributed by atoms with van der Waals surface area (Å²) in [4.78, 5) is 6.50. The number of aromatic nitrogens is 3. The van der Waals surface area contributed by atoms with Crippen LogP contribution in [0.2, 0.25) is 0 Å². The summed E-state index contributed by atoms with van der Waals surface area (Å²) in [6, 6.07) is 4.19. The van der Waals surface area contributed by atoms with Crippen LogP contribution in [0.4, 0.5) is 0 Å². The summed E-state index contributed by atoms with van der Waals surface area (Å²) in [6.45, 7) is 2.78. The van der Waals surface area contributed by atoms with E-state index in [4.69, 9.17) is 10.9 Å². The highest BCUT2D eigenvalue weighted by molar-refractivity contribution is 7.11. The molecule has 0 radical (unpaired) electrons. The van der Waals surface area contributed by atoms with E-state index in [0.717, 1.165) is 6.42 Å². The molecule has 0 unspecified atom stereocenters. The van der Waals surface area contributed by atoms with Crippen molar-refractivity contribution in [1.82, 2.24) is 14.8 Å². The van der Waals surface area contributed by atoms with E-state index in [0.29, 0.717) is 6.54 Å². The van der Waals surface area contributed by atoms with E-state index in [-0.39, 0.29) is 11.7 Å². The normalized spacial score (nSPS) is 11.9. The van der Waals surface area contributed by atoms with E-state index in [1.165, 1.54) is 9.75 Å². The molecule has 0 saturated carbocycles. The summed E-state index contributed by atoms with van der Waals surface area (Å²) in [6.07, 6.45) is 2.61. The fraction of sp³-hybridized carbons (Fsp3) is 0.300. The van der Waals surface area contributed by atoms with Crippen LogP contribution in [0, 0.1) is 0 Å². The van der Waals surface area contributed by atoms with Crippen molar-refractivity contribution >= 4 is 17.2 Å². The molecule has 2 aromatic heterocycles. The Morgan fingerprint density at radius 3 is 2.94 bits per heavy atom. The Balaban J connectivity index is 2.11. The molecule has 2 rings (SSSR count). The van der Waals surface area contributed by atoms with Gasteiger partial charge in [-0.3, -0.25) is 0 Å². The minimum Gasteiger partial charge on any atom is -0.409 e. The molecule has 17 heavy (non-hydrogen) atoms. The van der Waals surface area contributed by atoms with E-state index >= 15 is 0 Å². The lowest BCUT2D eigenvalue weighted by Crippen LogP contribution is -2.15. The van der Waals surface area contributed by atoms with Gasteiger partial charge in [0.25, 0.3) is 0 Å². The average molecular weight is 251 g/mol. The lowest BCUT2D eigenvalue weighted by Gasteiger charge is -1.96. The highest BCUT2D eigenvalue weighted by Gasteiger charge is 2.07. The molecule has 0 saturated heterocycles. The van der Waals surface area contributed by atoms with Crippen molar-refractivity contribution < 1.29 is 5.21 Å². The van der Waals surface area contributed by atoms with Gasteiger partial charge >= 0.3 is 0 Å². The van der Waals surface area contributed by atoms with Gasteiger partial charge in [-0.05, 0) is 18.6 Å². The maximum atomic E-state index is 8.50. The van der Waals surface area contributed by atoms with Crippen LogP contribution in [0.25, 0.3) is 0 Å². The Bertz CT molecular complexity index is 530. The van der Waals surface area contributed by atoms with Gasteiger partial charge < -0.3 is 10.9 Å². The smallest absolute Gasteiger partial charge is 0.219 e. The predicted molar refractivity (Wildman–Crippen MR) is 65.3 cm³/mol. The Morgan fingerprint density at radius 1 is 1.53 bits per heavy atom. The van der Waals surface area contributed by atoms with Gasteiger partial charge in [-0.2, -0.15) is 0 Å². The number of nitrogens with two attached hydrogens (primary N) is 1. The van der Waals surface area contributed by atoms with Crippen LogP contribution in [0.3, 0.4) is 0 Å². The molecule has 0 aliphatic rings. The van der Waals surface area contributed by atoms with Crippen LogP contribution in [0.15, 0.2) is 23.6 Å². The van der Waals surface area contributed by atoms with E-state index in [9.17, 15) is 0 Å². The van der Waals surface area contributed by atoms with Crippen molar-refractivity contribution in [3.8, 4) is 0 Å². The SMILES string of the molecule is CCc1ccc(Cn2cnc(C(N)=NO)n2)s1. The van der Waals surface area contributed by atoms with Crippen molar-refractivity contribution in [2.75, 3.05) is 0 Å². The predicted octanol–water partition coefficient (Wildman–Crippen LogP) is 1.04. The van der Waals surface area contributed by atoms with Gasteiger partial charge in [-0.25, -0.2) is 9.67 Å². The lowest BCUT2D eigenvalue weighted by atomic mass is 10.4. The zero-order valence-electron chi connectivity index (χ0n) is 9.37.